The van der Waals surface area contributed by atoms with Gasteiger partial charge in [0.25, 0.3) is 5.91 Å². The lowest BCUT2D eigenvalue weighted by Gasteiger charge is -2.38. The van der Waals surface area contributed by atoms with E-state index in [1.165, 1.54) is 0 Å². The molecule has 4 aromatic heterocycles. The van der Waals surface area contributed by atoms with E-state index in [1.54, 1.807) is 35.0 Å². The first kappa shape index (κ1) is 27.4. The summed E-state index contributed by atoms with van der Waals surface area (Å²) in [5.41, 5.74) is 4.57. The summed E-state index contributed by atoms with van der Waals surface area (Å²) >= 11 is 0. The van der Waals surface area contributed by atoms with Crippen LogP contribution in [0, 0.1) is 0 Å². The van der Waals surface area contributed by atoms with Gasteiger partial charge in [0, 0.05) is 50.6 Å². The summed E-state index contributed by atoms with van der Waals surface area (Å²) in [7, 11) is 1.80. The zero-order valence-electron chi connectivity index (χ0n) is 23.4. The molecule has 0 N–H and O–H groups in total. The lowest BCUT2D eigenvalue weighted by atomic mass is 10.0. The molecule has 1 atom stereocenters. The molecule has 5 heterocycles. The topological polar surface area (TPSA) is 137 Å². The second kappa shape index (κ2) is 11.3. The van der Waals surface area contributed by atoms with Gasteiger partial charge in [-0.15, -0.1) is 15.3 Å². The van der Waals surface area contributed by atoms with Crippen LogP contribution in [0.4, 0.5) is 8.78 Å². The Labute approximate surface area is 248 Å². The molecule has 0 saturated carbocycles. The molecule has 1 saturated heterocycles. The van der Waals surface area contributed by atoms with Crippen LogP contribution in [0.1, 0.15) is 34.5 Å². The van der Waals surface area contributed by atoms with Gasteiger partial charge in [0.2, 0.25) is 5.89 Å². The van der Waals surface area contributed by atoms with Crippen molar-refractivity contribution in [3.8, 4) is 22.7 Å². The molecule has 0 radical (unpaired) electrons. The van der Waals surface area contributed by atoms with E-state index in [1.807, 2.05) is 54.7 Å². The molecular weight excluding hydrogens is 572 g/mol. The van der Waals surface area contributed by atoms with Gasteiger partial charge < -0.3 is 9.32 Å². The summed E-state index contributed by atoms with van der Waals surface area (Å²) in [6.45, 7) is -1.17. The Hall–Kier alpha value is -5.44. The van der Waals surface area contributed by atoms with Crippen molar-refractivity contribution in [1.29, 1.82) is 0 Å². The summed E-state index contributed by atoms with van der Waals surface area (Å²) in [5.74, 6) is 0.311. The van der Waals surface area contributed by atoms with Crippen molar-refractivity contribution in [2.24, 2.45) is 7.05 Å². The normalized spacial score (nSPS) is 14.9. The number of hydrogen-bond acceptors (Lipinski definition) is 10. The molecule has 1 unspecified atom stereocenters. The lowest BCUT2D eigenvalue weighted by Crippen LogP contribution is -2.50. The maximum atomic E-state index is 13.5. The van der Waals surface area contributed by atoms with Gasteiger partial charge in [-0.05, 0) is 41.1 Å². The van der Waals surface area contributed by atoms with E-state index in [2.05, 4.69) is 40.6 Å². The summed E-state index contributed by atoms with van der Waals surface area (Å²) in [4.78, 5) is 26.6. The number of aryl methyl sites for hydroxylation is 1. The van der Waals surface area contributed by atoms with Crippen molar-refractivity contribution >= 4 is 17.0 Å². The number of oxazole rings is 1. The second-order valence-electron chi connectivity index (χ2n) is 10.3. The standard InChI is InChI=1S/C29H25F2N11O2/c1-39-17-23(34-37-39)19-7-8-24-21(15-19)33-27(44-24)20-9-10-32-22(16-20)28(43)41-13-11-40(12-14-41)25(18-5-3-2-4-6-18)26-35-38-42(36-26)29(30)31/h2-10,15-17,25,29H,11-14H2,1H3. The third kappa shape index (κ3) is 5.28. The van der Waals surface area contributed by atoms with Crippen LogP contribution < -0.4 is 0 Å². The number of pyridine rings is 1. The van der Waals surface area contributed by atoms with Gasteiger partial charge in [-0.2, -0.15) is 8.78 Å². The Morgan fingerprint density at radius 1 is 0.932 bits per heavy atom. The van der Waals surface area contributed by atoms with Crippen LogP contribution in [0.15, 0.2) is 77.5 Å². The maximum absolute atomic E-state index is 13.5. The molecule has 7 rings (SSSR count). The molecule has 1 aliphatic rings. The molecule has 1 fully saturated rings. The fraction of sp³-hybridized carbons (Fsp3) is 0.241. The third-order valence-corrected chi connectivity index (χ3v) is 7.46. The monoisotopic (exact) mass is 597 g/mol. The van der Waals surface area contributed by atoms with Crippen LogP contribution in [-0.2, 0) is 7.05 Å². The predicted octanol–water partition coefficient (Wildman–Crippen LogP) is 3.61. The number of nitrogens with zero attached hydrogens (tertiary/aromatic N) is 11. The van der Waals surface area contributed by atoms with Gasteiger partial charge >= 0.3 is 6.55 Å². The maximum Gasteiger partial charge on any atom is 0.350 e. The van der Waals surface area contributed by atoms with Gasteiger partial charge in [-0.25, -0.2) is 4.98 Å². The van der Waals surface area contributed by atoms with Crippen molar-refractivity contribution in [2.45, 2.75) is 12.6 Å². The Morgan fingerprint density at radius 3 is 2.48 bits per heavy atom. The first-order valence-corrected chi connectivity index (χ1v) is 13.8. The van der Waals surface area contributed by atoms with Gasteiger partial charge in [-0.1, -0.05) is 40.3 Å². The smallest absolute Gasteiger partial charge is 0.350 e. The molecule has 0 bridgehead atoms. The number of tetrazole rings is 1. The minimum atomic E-state index is -2.89. The largest absolute Gasteiger partial charge is 0.436 e. The highest BCUT2D eigenvalue weighted by molar-refractivity contribution is 5.93. The van der Waals surface area contributed by atoms with Crippen LogP contribution in [0.3, 0.4) is 0 Å². The minimum Gasteiger partial charge on any atom is -0.436 e. The average molecular weight is 598 g/mol. The van der Waals surface area contributed by atoms with Crippen LogP contribution >= 0.6 is 0 Å². The Morgan fingerprint density at radius 2 is 1.75 bits per heavy atom. The quantitative estimate of drug-likeness (QED) is 0.268. The summed E-state index contributed by atoms with van der Waals surface area (Å²) in [6.07, 6.45) is 3.38. The molecule has 13 nitrogen and oxygen atoms in total. The lowest BCUT2D eigenvalue weighted by molar-refractivity contribution is 0.0385. The van der Waals surface area contributed by atoms with Crippen molar-refractivity contribution < 1.29 is 18.0 Å². The highest BCUT2D eigenvalue weighted by Crippen LogP contribution is 2.30. The van der Waals surface area contributed by atoms with Crippen LogP contribution in [0.2, 0.25) is 0 Å². The molecule has 1 amide bonds. The zero-order chi connectivity index (χ0) is 30.2. The van der Waals surface area contributed by atoms with Crippen LogP contribution in [0.5, 0.6) is 0 Å². The molecule has 0 spiro atoms. The van der Waals surface area contributed by atoms with Crippen molar-refractivity contribution in [3.05, 3.63) is 90.1 Å². The zero-order valence-corrected chi connectivity index (χ0v) is 23.4. The number of rotatable bonds is 7. The van der Waals surface area contributed by atoms with Crippen molar-refractivity contribution in [3.63, 3.8) is 0 Å². The van der Waals surface area contributed by atoms with E-state index in [9.17, 15) is 13.6 Å². The van der Waals surface area contributed by atoms with Crippen molar-refractivity contribution in [2.75, 3.05) is 26.2 Å². The summed E-state index contributed by atoms with van der Waals surface area (Å²) in [5, 5.41) is 19.5. The molecule has 1 aliphatic heterocycles. The first-order chi connectivity index (χ1) is 21.4. The number of carbonyl (C=O) groups excluding carboxylic acids is 1. The molecule has 44 heavy (non-hydrogen) atoms. The number of hydrogen-bond donors (Lipinski definition) is 0. The molecule has 222 valence electrons. The van der Waals surface area contributed by atoms with Gasteiger partial charge in [0.15, 0.2) is 11.4 Å². The van der Waals surface area contributed by atoms with E-state index in [4.69, 9.17) is 4.42 Å². The number of piperazine rings is 1. The van der Waals surface area contributed by atoms with E-state index in [0.29, 0.717) is 53.5 Å². The Balaban J connectivity index is 1.08. The number of fused-ring (bicyclic) bond motifs is 1. The average Bonchev–Trinajstić information content (AvgIpc) is 3.82. The highest BCUT2D eigenvalue weighted by atomic mass is 19.3. The third-order valence-electron chi connectivity index (χ3n) is 7.46. The Bertz CT molecular complexity index is 1930. The second-order valence-corrected chi connectivity index (χ2v) is 10.3. The molecule has 0 aliphatic carbocycles. The number of halogens is 2. The highest BCUT2D eigenvalue weighted by Gasteiger charge is 2.32. The number of amides is 1. The van der Waals surface area contributed by atoms with Crippen LogP contribution in [-0.4, -0.2) is 87.1 Å². The summed E-state index contributed by atoms with van der Waals surface area (Å²) in [6, 6.07) is 17.9. The van der Waals surface area contributed by atoms with Gasteiger partial charge in [0.1, 0.15) is 16.9 Å². The van der Waals surface area contributed by atoms with Gasteiger partial charge in [0.05, 0.1) is 12.2 Å². The van der Waals surface area contributed by atoms with E-state index in [0.717, 1.165) is 16.8 Å². The van der Waals surface area contributed by atoms with E-state index >= 15 is 0 Å². The predicted molar refractivity (Wildman–Crippen MR) is 152 cm³/mol. The fourth-order valence-electron chi connectivity index (χ4n) is 5.30. The van der Waals surface area contributed by atoms with Crippen LogP contribution in [0.25, 0.3) is 33.8 Å². The van der Waals surface area contributed by atoms with E-state index in [-0.39, 0.29) is 17.4 Å². The molecule has 2 aromatic carbocycles. The fourth-order valence-corrected chi connectivity index (χ4v) is 5.30. The molecule has 15 heteroatoms. The number of alkyl halides is 2. The molecular formula is C29H25F2N11O2. The van der Waals surface area contributed by atoms with Gasteiger partial charge in [-0.3, -0.25) is 19.4 Å². The summed E-state index contributed by atoms with van der Waals surface area (Å²) < 4.78 is 34.0. The number of benzene rings is 2. The SMILES string of the molecule is Cn1cc(-c2ccc3oc(-c4ccnc(C(=O)N5CCN(C(c6ccccc6)c6nnn(C(F)F)n6)CC5)c4)nc3c2)nn1. The number of aromatic nitrogens is 9. The molecule has 6 aromatic rings. The minimum absolute atomic E-state index is 0.174. The van der Waals surface area contributed by atoms with E-state index < -0.39 is 12.6 Å². The Kier molecular flexibility index (Phi) is 7.06. The van der Waals surface area contributed by atoms with Crippen molar-refractivity contribution in [1.82, 2.24) is 55.0 Å². The first-order valence-electron chi connectivity index (χ1n) is 13.8. The number of carbonyl (C=O) groups is 1.